The second-order valence-electron chi connectivity index (χ2n) is 7.65. The molecule has 0 saturated carbocycles. The van der Waals surface area contributed by atoms with Crippen molar-refractivity contribution in [1.82, 2.24) is 0 Å². The fraction of sp³-hybridized carbons (Fsp3) is 0. The molecular formula is C30H23NO. The minimum absolute atomic E-state index is 0.241. The lowest BCUT2D eigenvalue weighted by Gasteiger charge is -2.28. The molecule has 154 valence electrons. The molecule has 0 heterocycles. The molecule has 0 atom stereocenters. The summed E-state index contributed by atoms with van der Waals surface area (Å²) in [5.41, 5.74) is 7.61. The molecule has 0 spiro atoms. The maximum Gasteiger partial charge on any atom is 0.117 e. The summed E-state index contributed by atoms with van der Waals surface area (Å²) in [6.07, 6.45) is 0. The molecule has 5 rings (SSSR count). The summed E-state index contributed by atoms with van der Waals surface area (Å²) >= 11 is 0. The van der Waals surface area contributed by atoms with E-state index in [4.69, 9.17) is 0 Å². The smallest absolute Gasteiger partial charge is 0.117 e. The average molecular weight is 414 g/mol. The largest absolute Gasteiger partial charge is 0.508 e. The Morgan fingerprint density at radius 2 is 1.03 bits per heavy atom. The highest BCUT2D eigenvalue weighted by molar-refractivity contribution is 5.88. The van der Waals surface area contributed by atoms with Gasteiger partial charge in [-0.2, -0.15) is 0 Å². The van der Waals surface area contributed by atoms with Gasteiger partial charge in [-0.25, -0.2) is 0 Å². The summed E-state index contributed by atoms with van der Waals surface area (Å²) in [6.45, 7) is 0. The van der Waals surface area contributed by atoms with E-state index in [1.165, 1.54) is 11.1 Å². The standard InChI is InChI=1S/C30H23NO/c32-28-15-9-14-27(22-28)31(26-20-18-24(19-21-26)23-10-3-1-4-11-23)30-17-8-7-16-29(30)25-12-5-2-6-13-25/h1-22,32H. The van der Waals surface area contributed by atoms with Crippen LogP contribution in [0.25, 0.3) is 22.3 Å². The van der Waals surface area contributed by atoms with Crippen LogP contribution in [0.2, 0.25) is 0 Å². The highest BCUT2D eigenvalue weighted by atomic mass is 16.3. The Morgan fingerprint density at radius 1 is 0.438 bits per heavy atom. The van der Waals surface area contributed by atoms with Crippen LogP contribution in [0, 0.1) is 0 Å². The van der Waals surface area contributed by atoms with Crippen molar-refractivity contribution in [2.24, 2.45) is 0 Å². The summed E-state index contributed by atoms with van der Waals surface area (Å²) in [7, 11) is 0. The second-order valence-corrected chi connectivity index (χ2v) is 7.65. The van der Waals surface area contributed by atoms with Crippen molar-refractivity contribution in [2.45, 2.75) is 0 Å². The topological polar surface area (TPSA) is 23.5 Å². The molecule has 0 aromatic heterocycles. The van der Waals surface area contributed by atoms with E-state index in [1.54, 1.807) is 12.1 Å². The lowest BCUT2D eigenvalue weighted by Crippen LogP contribution is -2.11. The molecule has 0 bridgehead atoms. The van der Waals surface area contributed by atoms with E-state index in [9.17, 15) is 5.11 Å². The molecule has 0 radical (unpaired) electrons. The molecule has 1 N–H and O–H groups in total. The lowest BCUT2D eigenvalue weighted by molar-refractivity contribution is 0.475. The zero-order valence-corrected chi connectivity index (χ0v) is 17.6. The summed E-state index contributed by atoms with van der Waals surface area (Å²) in [5.74, 6) is 0.241. The number of anilines is 3. The molecule has 0 unspecified atom stereocenters. The number of benzene rings is 5. The van der Waals surface area contributed by atoms with Crippen molar-refractivity contribution < 1.29 is 5.11 Å². The second kappa shape index (κ2) is 8.83. The van der Waals surface area contributed by atoms with Crippen LogP contribution in [0.5, 0.6) is 5.75 Å². The molecule has 2 heteroatoms. The fourth-order valence-corrected chi connectivity index (χ4v) is 4.02. The van der Waals surface area contributed by atoms with Gasteiger partial charge in [-0.3, -0.25) is 0 Å². The zero-order valence-electron chi connectivity index (χ0n) is 17.6. The van der Waals surface area contributed by atoms with Gasteiger partial charge in [0, 0.05) is 23.0 Å². The summed E-state index contributed by atoms with van der Waals surface area (Å²) in [5, 5.41) is 10.2. The zero-order chi connectivity index (χ0) is 21.8. The third-order valence-corrected chi connectivity index (χ3v) is 5.55. The maximum absolute atomic E-state index is 10.2. The van der Waals surface area contributed by atoms with Crippen molar-refractivity contribution in [3.63, 3.8) is 0 Å². The number of hydrogen-bond donors (Lipinski definition) is 1. The minimum Gasteiger partial charge on any atom is -0.508 e. The van der Waals surface area contributed by atoms with Crippen LogP contribution >= 0.6 is 0 Å². The average Bonchev–Trinajstić information content (AvgIpc) is 2.86. The van der Waals surface area contributed by atoms with Gasteiger partial charge in [-0.1, -0.05) is 97.1 Å². The number of rotatable bonds is 5. The van der Waals surface area contributed by atoms with Gasteiger partial charge in [-0.15, -0.1) is 0 Å². The van der Waals surface area contributed by atoms with Crippen molar-refractivity contribution in [2.75, 3.05) is 4.90 Å². The van der Waals surface area contributed by atoms with Crippen LogP contribution in [0.4, 0.5) is 17.1 Å². The van der Waals surface area contributed by atoms with E-state index in [1.807, 2.05) is 24.3 Å². The number of aromatic hydroxyl groups is 1. The molecule has 5 aromatic carbocycles. The first kappa shape index (κ1) is 19.7. The summed E-state index contributed by atoms with van der Waals surface area (Å²) in [4.78, 5) is 2.19. The molecular weight excluding hydrogens is 390 g/mol. The van der Waals surface area contributed by atoms with Crippen molar-refractivity contribution in [3.8, 4) is 28.0 Å². The number of phenolic OH excluding ortho intramolecular Hbond substituents is 1. The number of hydrogen-bond acceptors (Lipinski definition) is 2. The van der Waals surface area contributed by atoms with Gasteiger partial charge in [0.05, 0.1) is 5.69 Å². The SMILES string of the molecule is Oc1cccc(N(c2ccc(-c3ccccc3)cc2)c2ccccc2-c2ccccc2)c1. The number of phenols is 1. The highest BCUT2D eigenvalue weighted by Crippen LogP contribution is 2.41. The summed E-state index contributed by atoms with van der Waals surface area (Å²) < 4.78 is 0. The van der Waals surface area contributed by atoms with Crippen LogP contribution < -0.4 is 4.90 Å². The van der Waals surface area contributed by atoms with E-state index in [-0.39, 0.29) is 5.75 Å². The maximum atomic E-state index is 10.2. The Morgan fingerprint density at radius 3 is 1.72 bits per heavy atom. The van der Waals surface area contributed by atoms with Crippen LogP contribution in [-0.4, -0.2) is 5.11 Å². The third-order valence-electron chi connectivity index (χ3n) is 5.55. The van der Waals surface area contributed by atoms with E-state index < -0.39 is 0 Å². The fourth-order valence-electron chi connectivity index (χ4n) is 4.02. The van der Waals surface area contributed by atoms with Crippen LogP contribution in [-0.2, 0) is 0 Å². The van der Waals surface area contributed by atoms with Gasteiger partial charge in [0.25, 0.3) is 0 Å². The first-order chi connectivity index (χ1) is 15.8. The molecule has 2 nitrogen and oxygen atoms in total. The van der Waals surface area contributed by atoms with Gasteiger partial charge >= 0.3 is 0 Å². The highest BCUT2D eigenvalue weighted by Gasteiger charge is 2.17. The van der Waals surface area contributed by atoms with Crippen molar-refractivity contribution >= 4 is 17.1 Å². The predicted octanol–water partition coefficient (Wildman–Crippen LogP) is 8.20. The van der Waals surface area contributed by atoms with Crippen molar-refractivity contribution in [3.05, 3.63) is 133 Å². The number of nitrogens with zero attached hydrogens (tertiary/aromatic N) is 1. The van der Waals surface area contributed by atoms with Gasteiger partial charge in [0.2, 0.25) is 0 Å². The quantitative estimate of drug-likeness (QED) is 0.314. The number of para-hydroxylation sites is 1. The van der Waals surface area contributed by atoms with Gasteiger partial charge in [0.1, 0.15) is 5.75 Å². The molecule has 0 aliphatic heterocycles. The van der Waals surface area contributed by atoms with Crippen LogP contribution in [0.15, 0.2) is 133 Å². The Bertz CT molecular complexity index is 1310. The molecule has 0 aliphatic carbocycles. The lowest BCUT2D eigenvalue weighted by atomic mass is 10.0. The molecule has 0 aliphatic rings. The Hall–Kier alpha value is -4.30. The monoisotopic (exact) mass is 413 g/mol. The van der Waals surface area contributed by atoms with Crippen LogP contribution in [0.1, 0.15) is 0 Å². The van der Waals surface area contributed by atoms with Gasteiger partial charge < -0.3 is 10.0 Å². The van der Waals surface area contributed by atoms with E-state index in [2.05, 4.69) is 102 Å². The summed E-state index contributed by atoms with van der Waals surface area (Å²) in [6, 6.07) is 45.1. The van der Waals surface area contributed by atoms with Gasteiger partial charge in [0.15, 0.2) is 0 Å². The van der Waals surface area contributed by atoms with Crippen molar-refractivity contribution in [1.29, 1.82) is 0 Å². The molecule has 0 saturated heterocycles. The first-order valence-electron chi connectivity index (χ1n) is 10.7. The predicted molar refractivity (Wildman–Crippen MR) is 134 cm³/mol. The van der Waals surface area contributed by atoms with Crippen LogP contribution in [0.3, 0.4) is 0 Å². The Kier molecular flexibility index (Phi) is 5.42. The van der Waals surface area contributed by atoms with E-state index >= 15 is 0 Å². The molecule has 5 aromatic rings. The Balaban J connectivity index is 1.66. The third kappa shape index (κ3) is 3.99. The molecule has 32 heavy (non-hydrogen) atoms. The van der Waals surface area contributed by atoms with E-state index in [0.717, 1.165) is 28.2 Å². The molecule has 0 fully saturated rings. The normalized spacial score (nSPS) is 10.6. The Labute approximate surface area is 188 Å². The van der Waals surface area contributed by atoms with E-state index in [0.29, 0.717) is 0 Å². The molecule has 0 amide bonds. The minimum atomic E-state index is 0.241. The first-order valence-corrected chi connectivity index (χ1v) is 10.7. The van der Waals surface area contributed by atoms with Gasteiger partial charge in [-0.05, 0) is 47.0 Å².